The second-order valence-electron chi connectivity index (χ2n) is 2.78. The van der Waals surface area contributed by atoms with Crippen LogP contribution in [0.1, 0.15) is 29.4 Å². The molecule has 0 amide bonds. The van der Waals surface area contributed by atoms with Crippen molar-refractivity contribution in [2.75, 3.05) is 6.61 Å². The van der Waals surface area contributed by atoms with Gasteiger partial charge in [0.25, 0.3) is 6.43 Å². The molecule has 1 aromatic heterocycles. The molecule has 1 N–H and O–H groups in total. The Morgan fingerprint density at radius 3 is 2.75 bits per heavy atom. The van der Waals surface area contributed by atoms with Crippen molar-refractivity contribution >= 4 is 21.9 Å². The average molecular weight is 296 g/mol. The van der Waals surface area contributed by atoms with Gasteiger partial charge >= 0.3 is 5.97 Å². The van der Waals surface area contributed by atoms with Crippen molar-refractivity contribution in [1.29, 1.82) is 0 Å². The summed E-state index contributed by atoms with van der Waals surface area (Å²) in [6.07, 6.45) is -1.88. The van der Waals surface area contributed by atoms with Gasteiger partial charge in [-0.25, -0.2) is 13.6 Å². The zero-order chi connectivity index (χ0) is 12.3. The Bertz CT molecular complexity index is 459. The minimum atomic E-state index is -2.94. The van der Waals surface area contributed by atoms with Crippen LogP contribution in [0.15, 0.2) is 15.5 Å². The Kier molecular flexibility index (Phi) is 4.17. The number of esters is 1. The number of halogens is 3. The largest absolute Gasteiger partial charge is 0.462 e. The van der Waals surface area contributed by atoms with Crippen LogP contribution in [-0.2, 0) is 4.74 Å². The number of carbonyl (C=O) groups is 1. The highest BCUT2D eigenvalue weighted by Gasteiger charge is 2.24. The molecule has 0 aliphatic heterocycles. The molecule has 1 heterocycles. The van der Waals surface area contributed by atoms with E-state index in [1.807, 2.05) is 0 Å². The summed E-state index contributed by atoms with van der Waals surface area (Å²) in [5.41, 5.74) is -2.20. The maximum atomic E-state index is 12.5. The van der Waals surface area contributed by atoms with E-state index in [0.29, 0.717) is 0 Å². The van der Waals surface area contributed by atoms with E-state index in [1.165, 1.54) is 6.92 Å². The van der Waals surface area contributed by atoms with Crippen LogP contribution in [0.4, 0.5) is 8.78 Å². The molecule has 0 unspecified atom stereocenters. The van der Waals surface area contributed by atoms with Gasteiger partial charge in [0.1, 0.15) is 11.3 Å². The van der Waals surface area contributed by atoms with Crippen LogP contribution in [-0.4, -0.2) is 17.6 Å². The first-order valence-electron chi connectivity index (χ1n) is 4.35. The number of nitrogens with one attached hydrogen (secondary N) is 1. The summed E-state index contributed by atoms with van der Waals surface area (Å²) in [5, 5.41) is 0. The van der Waals surface area contributed by atoms with Gasteiger partial charge in [0.2, 0.25) is 5.43 Å². The van der Waals surface area contributed by atoms with Crippen LogP contribution in [0.2, 0.25) is 0 Å². The molecule has 7 heteroatoms. The molecule has 0 aliphatic rings. The first-order valence-corrected chi connectivity index (χ1v) is 5.14. The van der Waals surface area contributed by atoms with Gasteiger partial charge in [-0.15, -0.1) is 0 Å². The maximum Gasteiger partial charge on any atom is 0.344 e. The molecular weight excluding hydrogens is 288 g/mol. The standard InChI is InChI=1S/C9H8BrF2NO3/c1-2-16-9(15)5-6(8(11)12)13-3-4(10)7(5)14/h3,8H,2H2,1H3,(H,13,14). The van der Waals surface area contributed by atoms with Crippen LogP contribution in [0.5, 0.6) is 0 Å². The Morgan fingerprint density at radius 2 is 2.25 bits per heavy atom. The number of hydrogen-bond acceptors (Lipinski definition) is 3. The summed E-state index contributed by atoms with van der Waals surface area (Å²) in [5.74, 6) is -1.06. The quantitative estimate of drug-likeness (QED) is 0.870. The SMILES string of the molecule is CCOC(=O)c1c(C(F)F)[nH]cc(Br)c1=O. The van der Waals surface area contributed by atoms with Gasteiger partial charge in [0.05, 0.1) is 11.1 Å². The summed E-state index contributed by atoms with van der Waals surface area (Å²) in [4.78, 5) is 25.0. The van der Waals surface area contributed by atoms with E-state index in [1.54, 1.807) is 0 Å². The summed E-state index contributed by atoms with van der Waals surface area (Å²) >= 11 is 2.85. The number of aromatic amines is 1. The minimum Gasteiger partial charge on any atom is -0.462 e. The fourth-order valence-electron chi connectivity index (χ4n) is 1.10. The van der Waals surface area contributed by atoms with Crippen LogP contribution < -0.4 is 5.43 Å². The average Bonchev–Trinajstić information content (AvgIpc) is 2.21. The highest BCUT2D eigenvalue weighted by molar-refractivity contribution is 9.10. The van der Waals surface area contributed by atoms with Crippen molar-refractivity contribution in [3.8, 4) is 0 Å². The van der Waals surface area contributed by atoms with Crippen molar-refractivity contribution in [1.82, 2.24) is 4.98 Å². The summed E-state index contributed by atoms with van der Waals surface area (Å²) in [6.45, 7) is 1.53. The smallest absolute Gasteiger partial charge is 0.344 e. The Balaban J connectivity index is 3.37. The van der Waals surface area contributed by atoms with Gasteiger partial charge in [0, 0.05) is 6.20 Å². The van der Waals surface area contributed by atoms with E-state index in [-0.39, 0.29) is 11.1 Å². The molecular formula is C9H8BrF2NO3. The van der Waals surface area contributed by atoms with Crippen LogP contribution in [0, 0.1) is 0 Å². The lowest BCUT2D eigenvalue weighted by molar-refractivity contribution is 0.0511. The summed E-state index contributed by atoms with van der Waals surface area (Å²) in [6, 6.07) is 0. The molecule has 1 aromatic rings. The molecule has 0 bridgehead atoms. The second-order valence-corrected chi connectivity index (χ2v) is 3.63. The monoisotopic (exact) mass is 295 g/mol. The van der Waals surface area contributed by atoms with Crippen molar-refractivity contribution < 1.29 is 18.3 Å². The van der Waals surface area contributed by atoms with Crippen molar-refractivity contribution in [3.63, 3.8) is 0 Å². The molecule has 0 radical (unpaired) electrons. The van der Waals surface area contributed by atoms with Gasteiger partial charge in [-0.1, -0.05) is 0 Å². The van der Waals surface area contributed by atoms with E-state index < -0.39 is 29.1 Å². The lowest BCUT2D eigenvalue weighted by Gasteiger charge is -2.07. The number of carbonyl (C=O) groups excluding carboxylic acids is 1. The highest BCUT2D eigenvalue weighted by atomic mass is 79.9. The van der Waals surface area contributed by atoms with Gasteiger partial charge in [-0.2, -0.15) is 0 Å². The second kappa shape index (κ2) is 5.20. The fourth-order valence-corrected chi connectivity index (χ4v) is 1.41. The Hall–Kier alpha value is -1.24. The number of alkyl halides is 2. The first-order chi connectivity index (χ1) is 7.49. The molecule has 4 nitrogen and oxygen atoms in total. The first kappa shape index (κ1) is 12.8. The van der Waals surface area contributed by atoms with Gasteiger partial charge < -0.3 is 9.72 Å². The van der Waals surface area contributed by atoms with Crippen LogP contribution in [0.25, 0.3) is 0 Å². The zero-order valence-electron chi connectivity index (χ0n) is 8.22. The van der Waals surface area contributed by atoms with Crippen LogP contribution >= 0.6 is 15.9 Å². The number of rotatable bonds is 3. The van der Waals surface area contributed by atoms with E-state index in [4.69, 9.17) is 0 Å². The van der Waals surface area contributed by atoms with Gasteiger partial charge in [0.15, 0.2) is 0 Å². The van der Waals surface area contributed by atoms with E-state index in [9.17, 15) is 18.4 Å². The number of aromatic nitrogens is 1. The van der Waals surface area contributed by atoms with Crippen molar-refractivity contribution in [2.24, 2.45) is 0 Å². The third-order valence-corrected chi connectivity index (χ3v) is 2.35. The van der Waals surface area contributed by atoms with E-state index in [2.05, 4.69) is 25.7 Å². The predicted molar refractivity (Wildman–Crippen MR) is 55.7 cm³/mol. The maximum absolute atomic E-state index is 12.5. The topological polar surface area (TPSA) is 59.2 Å². The lowest BCUT2D eigenvalue weighted by atomic mass is 10.2. The van der Waals surface area contributed by atoms with Crippen molar-refractivity contribution in [3.05, 3.63) is 32.2 Å². The molecule has 0 saturated heterocycles. The Labute approximate surface area is 97.7 Å². The van der Waals surface area contributed by atoms with Gasteiger partial charge in [-0.05, 0) is 22.9 Å². The zero-order valence-corrected chi connectivity index (χ0v) is 9.81. The third-order valence-electron chi connectivity index (χ3n) is 1.77. The lowest BCUT2D eigenvalue weighted by Crippen LogP contribution is -2.22. The number of H-pyrrole nitrogens is 1. The molecule has 1 rings (SSSR count). The van der Waals surface area contributed by atoms with Gasteiger partial charge in [-0.3, -0.25) is 4.79 Å². The molecule has 0 fully saturated rings. The summed E-state index contributed by atoms with van der Waals surface area (Å²) in [7, 11) is 0. The summed E-state index contributed by atoms with van der Waals surface area (Å²) < 4.78 is 29.6. The van der Waals surface area contributed by atoms with Crippen LogP contribution in [0.3, 0.4) is 0 Å². The minimum absolute atomic E-state index is 0.0000435. The van der Waals surface area contributed by atoms with E-state index >= 15 is 0 Å². The third kappa shape index (κ3) is 2.46. The number of pyridine rings is 1. The normalized spacial score (nSPS) is 10.6. The number of ether oxygens (including phenoxy) is 1. The molecule has 0 aliphatic carbocycles. The van der Waals surface area contributed by atoms with E-state index in [0.717, 1.165) is 6.20 Å². The molecule has 0 saturated carbocycles. The Morgan fingerprint density at radius 1 is 1.62 bits per heavy atom. The molecule has 0 spiro atoms. The molecule has 0 aromatic carbocycles. The van der Waals surface area contributed by atoms with Crippen molar-refractivity contribution in [2.45, 2.75) is 13.3 Å². The fraction of sp³-hybridized carbons (Fsp3) is 0.333. The highest BCUT2D eigenvalue weighted by Crippen LogP contribution is 2.20. The molecule has 88 valence electrons. The molecule has 16 heavy (non-hydrogen) atoms. The predicted octanol–water partition coefficient (Wildman–Crippen LogP) is 2.25. The molecule has 0 atom stereocenters. The number of hydrogen-bond donors (Lipinski definition) is 1.